The molecule has 1 aromatic carbocycles. The summed E-state index contributed by atoms with van der Waals surface area (Å²) in [4.78, 5) is 25.1. The summed E-state index contributed by atoms with van der Waals surface area (Å²) >= 11 is 3.92. The third kappa shape index (κ3) is 4.46. The second kappa shape index (κ2) is 8.27. The highest BCUT2D eigenvalue weighted by Gasteiger charge is 2.26. The smallest absolute Gasteiger partial charge is 0.306 e. The Kier molecular flexibility index (Phi) is 6.08. The molecular formula is C17H21NO4S2. The first-order chi connectivity index (χ1) is 11.6. The zero-order valence-corrected chi connectivity index (χ0v) is 15.0. The Morgan fingerprint density at radius 2 is 1.92 bits per heavy atom. The second-order valence-corrected chi connectivity index (χ2v) is 8.62. The van der Waals surface area contributed by atoms with Crippen molar-refractivity contribution in [3.63, 3.8) is 0 Å². The van der Waals surface area contributed by atoms with Gasteiger partial charge in [-0.1, -0.05) is 12.1 Å². The van der Waals surface area contributed by atoms with E-state index < -0.39 is 12.1 Å². The molecule has 2 aliphatic heterocycles. The first-order valence-electron chi connectivity index (χ1n) is 8.09. The minimum Gasteiger partial charge on any atom is -0.481 e. The van der Waals surface area contributed by atoms with Crippen LogP contribution in [0.3, 0.4) is 0 Å². The Bertz CT molecular complexity index is 587. The molecule has 0 saturated carbocycles. The molecule has 2 aliphatic rings. The molecule has 24 heavy (non-hydrogen) atoms. The van der Waals surface area contributed by atoms with E-state index in [1.165, 1.54) is 23.5 Å². The first kappa shape index (κ1) is 17.6. The lowest BCUT2D eigenvalue weighted by Crippen LogP contribution is -2.46. The number of carboxylic acid groups (broad SMARTS) is 1. The number of aliphatic carboxylic acids is 1. The molecule has 1 N–H and O–H groups in total. The summed E-state index contributed by atoms with van der Waals surface area (Å²) in [7, 11) is 0. The molecule has 0 bridgehead atoms. The second-order valence-electron chi connectivity index (χ2n) is 5.89. The minimum atomic E-state index is -0.902. The minimum absolute atomic E-state index is 0.0517. The number of hydrogen-bond donors (Lipinski definition) is 1. The molecule has 2 fully saturated rings. The van der Waals surface area contributed by atoms with E-state index in [0.717, 1.165) is 0 Å². The number of amides is 1. The number of rotatable bonds is 4. The molecule has 2 saturated heterocycles. The van der Waals surface area contributed by atoms with Gasteiger partial charge in [0.25, 0.3) is 5.91 Å². The van der Waals surface area contributed by atoms with Crippen molar-refractivity contribution in [1.29, 1.82) is 0 Å². The average Bonchev–Trinajstić information content (AvgIpc) is 2.62. The van der Waals surface area contributed by atoms with Crippen molar-refractivity contribution >= 4 is 35.4 Å². The van der Waals surface area contributed by atoms with Crippen molar-refractivity contribution in [3.8, 4) is 0 Å². The van der Waals surface area contributed by atoms with Crippen molar-refractivity contribution in [2.24, 2.45) is 0 Å². The number of ether oxygens (including phenoxy) is 1. The van der Waals surface area contributed by atoms with Crippen LogP contribution in [0.4, 0.5) is 0 Å². The standard InChI is InChI=1S/C17H21NO4S2/c19-15(20)10-14-11-18(6-7-22-14)16(21)12-2-4-13(5-3-12)17-23-8-1-9-24-17/h2-5,14,17H,1,6-11H2,(H,19,20). The van der Waals surface area contributed by atoms with E-state index in [1.807, 2.05) is 47.8 Å². The quantitative estimate of drug-likeness (QED) is 0.883. The van der Waals surface area contributed by atoms with Gasteiger partial charge in [-0.05, 0) is 35.6 Å². The third-order valence-corrected chi connectivity index (χ3v) is 7.10. The molecule has 7 heteroatoms. The van der Waals surface area contributed by atoms with Crippen molar-refractivity contribution in [3.05, 3.63) is 35.4 Å². The Morgan fingerprint density at radius 3 is 2.58 bits per heavy atom. The molecule has 1 atom stereocenters. The summed E-state index contributed by atoms with van der Waals surface area (Å²) in [6.45, 7) is 1.23. The maximum absolute atomic E-state index is 12.6. The molecule has 3 rings (SSSR count). The van der Waals surface area contributed by atoms with Crippen LogP contribution in [0.2, 0.25) is 0 Å². The van der Waals surface area contributed by atoms with E-state index in [4.69, 9.17) is 9.84 Å². The monoisotopic (exact) mass is 367 g/mol. The largest absolute Gasteiger partial charge is 0.481 e. The van der Waals surface area contributed by atoms with Gasteiger partial charge in [-0.15, -0.1) is 23.5 Å². The zero-order valence-electron chi connectivity index (χ0n) is 13.3. The van der Waals surface area contributed by atoms with Crippen LogP contribution in [-0.4, -0.2) is 59.2 Å². The van der Waals surface area contributed by atoms with E-state index in [1.54, 1.807) is 4.90 Å². The summed E-state index contributed by atoms with van der Waals surface area (Å²) in [6.07, 6.45) is 0.769. The molecule has 1 unspecified atom stereocenters. The lowest BCUT2D eigenvalue weighted by Gasteiger charge is -2.32. The Balaban J connectivity index is 1.62. The van der Waals surface area contributed by atoms with Gasteiger partial charge < -0.3 is 14.7 Å². The number of hydrogen-bond acceptors (Lipinski definition) is 5. The average molecular weight is 367 g/mol. The first-order valence-corrected chi connectivity index (χ1v) is 10.2. The lowest BCUT2D eigenvalue weighted by molar-refractivity contribution is -0.141. The number of carbonyl (C=O) groups excluding carboxylic acids is 1. The Labute approximate surface area is 150 Å². The highest BCUT2D eigenvalue weighted by atomic mass is 32.2. The normalized spacial score (nSPS) is 22.3. The van der Waals surface area contributed by atoms with Gasteiger partial charge in [0, 0.05) is 18.7 Å². The van der Waals surface area contributed by atoms with Crippen LogP contribution < -0.4 is 0 Å². The van der Waals surface area contributed by atoms with Gasteiger partial charge in [0.1, 0.15) is 0 Å². The lowest BCUT2D eigenvalue weighted by atomic mass is 10.1. The fourth-order valence-electron chi connectivity index (χ4n) is 2.87. The predicted octanol–water partition coefficient (Wildman–Crippen LogP) is 2.87. The molecule has 0 aliphatic carbocycles. The third-order valence-electron chi connectivity index (χ3n) is 4.09. The summed E-state index contributed by atoms with van der Waals surface area (Å²) in [5.41, 5.74) is 1.91. The summed E-state index contributed by atoms with van der Waals surface area (Å²) in [6, 6.07) is 7.85. The van der Waals surface area contributed by atoms with Crippen LogP contribution in [0, 0.1) is 0 Å². The number of nitrogens with zero attached hydrogens (tertiary/aromatic N) is 1. The number of thioether (sulfide) groups is 2. The number of morpholine rings is 1. The van der Waals surface area contributed by atoms with Gasteiger partial charge in [-0.3, -0.25) is 9.59 Å². The van der Waals surface area contributed by atoms with E-state index in [2.05, 4.69) is 0 Å². The maximum Gasteiger partial charge on any atom is 0.306 e. The summed E-state index contributed by atoms with van der Waals surface area (Å²) < 4.78 is 5.89. The highest BCUT2D eigenvalue weighted by Crippen LogP contribution is 2.43. The van der Waals surface area contributed by atoms with Crippen molar-refractivity contribution < 1.29 is 19.4 Å². The molecule has 2 heterocycles. The van der Waals surface area contributed by atoms with E-state index in [-0.39, 0.29) is 12.3 Å². The van der Waals surface area contributed by atoms with Crippen LogP contribution in [0.25, 0.3) is 0 Å². The fraction of sp³-hybridized carbons (Fsp3) is 0.529. The maximum atomic E-state index is 12.6. The molecule has 1 amide bonds. The predicted molar refractivity (Wildman–Crippen MR) is 96.6 cm³/mol. The molecule has 130 valence electrons. The number of benzene rings is 1. The van der Waals surface area contributed by atoms with E-state index >= 15 is 0 Å². The van der Waals surface area contributed by atoms with Gasteiger partial charge in [0.2, 0.25) is 0 Å². The van der Waals surface area contributed by atoms with Crippen LogP contribution >= 0.6 is 23.5 Å². The SMILES string of the molecule is O=C(O)CC1CN(C(=O)c2ccc(C3SCCCS3)cc2)CCO1. The molecule has 1 aromatic rings. The van der Waals surface area contributed by atoms with Crippen molar-refractivity contribution in [1.82, 2.24) is 4.90 Å². The van der Waals surface area contributed by atoms with Gasteiger partial charge in [-0.2, -0.15) is 0 Å². The van der Waals surface area contributed by atoms with Crippen LogP contribution in [0.1, 0.15) is 33.3 Å². The van der Waals surface area contributed by atoms with Crippen LogP contribution in [0.5, 0.6) is 0 Å². The highest BCUT2D eigenvalue weighted by molar-refractivity contribution is 8.16. The van der Waals surface area contributed by atoms with Gasteiger partial charge >= 0.3 is 5.97 Å². The Hall–Kier alpha value is -1.18. The summed E-state index contributed by atoms with van der Waals surface area (Å²) in [5, 5.41) is 8.87. The molecule has 0 spiro atoms. The fourth-order valence-corrected chi connectivity index (χ4v) is 5.76. The zero-order chi connectivity index (χ0) is 16.9. The molecular weight excluding hydrogens is 346 g/mol. The Morgan fingerprint density at radius 1 is 1.21 bits per heavy atom. The topological polar surface area (TPSA) is 66.8 Å². The van der Waals surface area contributed by atoms with Crippen LogP contribution in [0.15, 0.2) is 24.3 Å². The van der Waals surface area contributed by atoms with Gasteiger partial charge in [0.05, 0.1) is 23.7 Å². The number of carbonyl (C=O) groups is 2. The molecule has 5 nitrogen and oxygen atoms in total. The van der Waals surface area contributed by atoms with Gasteiger partial charge in [0.15, 0.2) is 0 Å². The van der Waals surface area contributed by atoms with Gasteiger partial charge in [-0.25, -0.2) is 0 Å². The van der Waals surface area contributed by atoms with E-state index in [9.17, 15) is 9.59 Å². The van der Waals surface area contributed by atoms with E-state index in [0.29, 0.717) is 29.8 Å². The summed E-state index contributed by atoms with van der Waals surface area (Å²) in [5.74, 6) is 1.43. The number of carboxylic acids is 1. The van der Waals surface area contributed by atoms with Crippen LogP contribution in [-0.2, 0) is 9.53 Å². The van der Waals surface area contributed by atoms with Crippen molar-refractivity contribution in [2.75, 3.05) is 31.2 Å². The molecule has 0 radical (unpaired) electrons. The van der Waals surface area contributed by atoms with Crippen molar-refractivity contribution in [2.45, 2.75) is 23.5 Å². The molecule has 0 aromatic heterocycles.